The second-order valence-electron chi connectivity index (χ2n) is 5.53. The van der Waals surface area contributed by atoms with Gasteiger partial charge in [-0.25, -0.2) is 0 Å². The molecule has 1 aromatic rings. The van der Waals surface area contributed by atoms with Gasteiger partial charge in [-0.2, -0.15) is 0 Å². The number of aliphatic carboxylic acids is 1. The third kappa shape index (κ3) is 5.19. The number of carboxylic acids is 1. The molecule has 116 valence electrons. The maximum atomic E-state index is 12.3. The van der Waals surface area contributed by atoms with Gasteiger partial charge in [-0.1, -0.05) is 32.0 Å². The second kappa shape index (κ2) is 7.78. The van der Waals surface area contributed by atoms with E-state index in [1.54, 1.807) is 18.9 Å². The van der Waals surface area contributed by atoms with E-state index >= 15 is 0 Å². The molecule has 0 fully saturated rings. The molecule has 0 heterocycles. The Kier molecular flexibility index (Phi) is 6.37. The van der Waals surface area contributed by atoms with Gasteiger partial charge < -0.3 is 10.4 Å². The van der Waals surface area contributed by atoms with Crippen LogP contribution in [0.1, 0.15) is 38.7 Å². The van der Waals surface area contributed by atoms with Crippen LogP contribution in [-0.2, 0) is 9.59 Å². The molecule has 1 unspecified atom stereocenters. The number of likely N-dealkylation sites (N-methyl/N-ethyl adjacent to an activating group) is 1. The Morgan fingerprint density at radius 2 is 1.86 bits per heavy atom. The van der Waals surface area contributed by atoms with Crippen molar-refractivity contribution >= 4 is 17.6 Å². The molecule has 5 heteroatoms. The minimum Gasteiger partial charge on any atom is -0.481 e. The van der Waals surface area contributed by atoms with Crippen molar-refractivity contribution in [2.24, 2.45) is 0 Å². The summed E-state index contributed by atoms with van der Waals surface area (Å²) in [4.78, 5) is 24.6. The molecule has 0 radical (unpaired) electrons. The smallest absolute Gasteiger partial charge is 0.304 e. The zero-order chi connectivity index (χ0) is 16.0. The number of rotatable bonds is 7. The van der Waals surface area contributed by atoms with E-state index in [4.69, 9.17) is 5.11 Å². The van der Waals surface area contributed by atoms with Crippen molar-refractivity contribution in [3.05, 3.63) is 29.8 Å². The highest BCUT2D eigenvalue weighted by Gasteiger charge is 2.19. The molecule has 21 heavy (non-hydrogen) atoms. The van der Waals surface area contributed by atoms with Gasteiger partial charge in [0, 0.05) is 12.2 Å². The highest BCUT2D eigenvalue weighted by Crippen LogP contribution is 2.23. The third-order valence-electron chi connectivity index (χ3n) is 3.56. The fourth-order valence-electron chi connectivity index (χ4n) is 2.02. The van der Waals surface area contributed by atoms with Crippen molar-refractivity contribution in [2.75, 3.05) is 18.9 Å². The monoisotopic (exact) mass is 292 g/mol. The van der Waals surface area contributed by atoms with Crippen LogP contribution in [0.15, 0.2) is 24.3 Å². The first-order chi connectivity index (χ1) is 9.82. The average molecular weight is 292 g/mol. The SMILES string of the molecule is CC(C)c1ccccc1NC(=O)C(C)N(C)CCC(=O)O. The minimum atomic E-state index is -0.861. The zero-order valence-corrected chi connectivity index (χ0v) is 13.1. The largest absolute Gasteiger partial charge is 0.481 e. The van der Waals surface area contributed by atoms with Crippen LogP contribution in [0.5, 0.6) is 0 Å². The first kappa shape index (κ1) is 17.2. The van der Waals surface area contributed by atoms with E-state index in [9.17, 15) is 9.59 Å². The van der Waals surface area contributed by atoms with Crippen molar-refractivity contribution < 1.29 is 14.7 Å². The molecule has 1 atom stereocenters. The predicted octanol–water partition coefficient (Wildman–Crippen LogP) is 2.54. The Bertz CT molecular complexity index is 500. The molecule has 1 rings (SSSR count). The maximum Gasteiger partial charge on any atom is 0.304 e. The van der Waals surface area contributed by atoms with Crippen LogP contribution in [0.25, 0.3) is 0 Å². The number of hydrogen-bond acceptors (Lipinski definition) is 3. The quantitative estimate of drug-likeness (QED) is 0.810. The Morgan fingerprint density at radius 3 is 2.43 bits per heavy atom. The molecule has 0 saturated heterocycles. The highest BCUT2D eigenvalue weighted by molar-refractivity contribution is 5.95. The van der Waals surface area contributed by atoms with Crippen molar-refractivity contribution in [1.82, 2.24) is 4.90 Å². The van der Waals surface area contributed by atoms with Crippen LogP contribution in [-0.4, -0.2) is 41.5 Å². The van der Waals surface area contributed by atoms with Gasteiger partial charge in [-0.15, -0.1) is 0 Å². The van der Waals surface area contributed by atoms with Crippen LogP contribution >= 0.6 is 0 Å². The van der Waals surface area contributed by atoms with Gasteiger partial charge >= 0.3 is 5.97 Å². The Morgan fingerprint density at radius 1 is 1.24 bits per heavy atom. The van der Waals surface area contributed by atoms with E-state index in [1.165, 1.54) is 0 Å². The van der Waals surface area contributed by atoms with E-state index in [0.717, 1.165) is 11.3 Å². The molecule has 0 aliphatic carbocycles. The Balaban J connectivity index is 2.70. The molecule has 0 aliphatic heterocycles. The lowest BCUT2D eigenvalue weighted by Gasteiger charge is -2.24. The number of hydrogen-bond donors (Lipinski definition) is 2. The molecular weight excluding hydrogens is 268 g/mol. The predicted molar refractivity (Wildman–Crippen MR) is 83.5 cm³/mol. The summed E-state index contributed by atoms with van der Waals surface area (Å²) in [6, 6.07) is 7.34. The minimum absolute atomic E-state index is 0.0245. The molecule has 0 aromatic heterocycles. The molecule has 0 aliphatic rings. The van der Waals surface area contributed by atoms with E-state index in [1.807, 2.05) is 24.3 Å². The number of nitrogens with zero attached hydrogens (tertiary/aromatic N) is 1. The molecule has 5 nitrogen and oxygen atoms in total. The van der Waals surface area contributed by atoms with Gasteiger partial charge in [-0.05, 0) is 31.5 Å². The number of nitrogens with one attached hydrogen (secondary N) is 1. The van der Waals surface area contributed by atoms with Crippen molar-refractivity contribution in [3.63, 3.8) is 0 Å². The molecule has 0 saturated carbocycles. The first-order valence-electron chi connectivity index (χ1n) is 7.14. The summed E-state index contributed by atoms with van der Waals surface area (Å²) in [5, 5.41) is 11.6. The lowest BCUT2D eigenvalue weighted by Crippen LogP contribution is -2.40. The van der Waals surface area contributed by atoms with E-state index in [2.05, 4.69) is 19.2 Å². The number of carbonyl (C=O) groups excluding carboxylic acids is 1. The zero-order valence-electron chi connectivity index (χ0n) is 13.1. The fraction of sp³-hybridized carbons (Fsp3) is 0.500. The van der Waals surface area contributed by atoms with Gasteiger partial charge in [0.25, 0.3) is 0 Å². The van der Waals surface area contributed by atoms with E-state index in [-0.39, 0.29) is 18.4 Å². The van der Waals surface area contributed by atoms with Gasteiger partial charge in [0.2, 0.25) is 5.91 Å². The average Bonchev–Trinajstić information content (AvgIpc) is 2.44. The van der Waals surface area contributed by atoms with Crippen LogP contribution in [0, 0.1) is 0 Å². The Hall–Kier alpha value is -1.88. The summed E-state index contributed by atoms with van der Waals surface area (Å²) in [6.45, 7) is 6.27. The molecule has 1 aromatic carbocycles. The summed E-state index contributed by atoms with van der Waals surface area (Å²) in [7, 11) is 1.75. The summed E-state index contributed by atoms with van der Waals surface area (Å²) in [6.07, 6.45) is 0.0245. The van der Waals surface area contributed by atoms with Crippen molar-refractivity contribution in [2.45, 2.75) is 39.2 Å². The summed E-state index contributed by atoms with van der Waals surface area (Å²) in [5.41, 5.74) is 1.90. The topological polar surface area (TPSA) is 69.6 Å². The van der Waals surface area contributed by atoms with Gasteiger partial charge in [0.1, 0.15) is 0 Å². The lowest BCUT2D eigenvalue weighted by atomic mass is 10.0. The molecular formula is C16H24N2O3. The number of para-hydroxylation sites is 1. The molecule has 2 N–H and O–H groups in total. The summed E-state index contributed by atoms with van der Waals surface area (Å²) >= 11 is 0. The van der Waals surface area contributed by atoms with E-state index < -0.39 is 5.97 Å². The second-order valence-corrected chi connectivity index (χ2v) is 5.53. The third-order valence-corrected chi connectivity index (χ3v) is 3.56. The van der Waals surface area contributed by atoms with E-state index in [0.29, 0.717) is 12.5 Å². The number of amides is 1. The van der Waals surface area contributed by atoms with Crippen LogP contribution in [0.3, 0.4) is 0 Å². The summed E-state index contributed by atoms with van der Waals surface area (Å²) < 4.78 is 0. The molecule has 1 amide bonds. The van der Waals surface area contributed by atoms with Gasteiger partial charge in [0.05, 0.1) is 12.5 Å². The lowest BCUT2D eigenvalue weighted by molar-refractivity contribution is -0.137. The molecule has 0 bridgehead atoms. The van der Waals surface area contributed by atoms with Crippen LogP contribution in [0.4, 0.5) is 5.69 Å². The van der Waals surface area contributed by atoms with Crippen molar-refractivity contribution in [3.8, 4) is 0 Å². The van der Waals surface area contributed by atoms with Crippen LogP contribution in [0.2, 0.25) is 0 Å². The highest BCUT2D eigenvalue weighted by atomic mass is 16.4. The fourth-order valence-corrected chi connectivity index (χ4v) is 2.02. The Labute approximate surface area is 126 Å². The standard InChI is InChI=1S/C16H24N2O3/c1-11(2)13-7-5-6-8-14(13)17-16(21)12(3)18(4)10-9-15(19)20/h5-8,11-12H,9-10H2,1-4H3,(H,17,21)(H,19,20). The number of carbonyl (C=O) groups is 2. The number of carboxylic acid groups (broad SMARTS) is 1. The normalized spacial score (nSPS) is 12.5. The first-order valence-corrected chi connectivity index (χ1v) is 7.14. The number of anilines is 1. The van der Waals surface area contributed by atoms with Gasteiger partial charge in [-0.3, -0.25) is 14.5 Å². The molecule has 0 spiro atoms. The van der Waals surface area contributed by atoms with Crippen molar-refractivity contribution in [1.29, 1.82) is 0 Å². The number of benzene rings is 1. The maximum absolute atomic E-state index is 12.3. The van der Waals surface area contributed by atoms with Crippen LogP contribution < -0.4 is 5.32 Å². The summed E-state index contributed by atoms with van der Waals surface area (Å²) in [5.74, 6) is -0.669. The van der Waals surface area contributed by atoms with Gasteiger partial charge in [0.15, 0.2) is 0 Å².